The van der Waals surface area contributed by atoms with Crippen LogP contribution in [0.2, 0.25) is 0 Å². The minimum absolute atomic E-state index is 0.0239. The predicted octanol–water partition coefficient (Wildman–Crippen LogP) is 5.69. The highest BCUT2D eigenvalue weighted by Gasteiger charge is 2.26. The van der Waals surface area contributed by atoms with Crippen LogP contribution in [0.3, 0.4) is 0 Å². The van der Waals surface area contributed by atoms with Gasteiger partial charge in [0.15, 0.2) is 0 Å². The maximum Gasteiger partial charge on any atom is 0.224 e. The van der Waals surface area contributed by atoms with Crippen LogP contribution < -0.4 is 15.8 Å². The van der Waals surface area contributed by atoms with Crippen LogP contribution >= 0.6 is 11.9 Å². The number of hydrogen-bond donors (Lipinski definition) is 3. The second-order valence-electron chi connectivity index (χ2n) is 9.32. The van der Waals surface area contributed by atoms with Gasteiger partial charge in [0.1, 0.15) is 0 Å². The van der Waals surface area contributed by atoms with Crippen molar-refractivity contribution < 1.29 is 9.59 Å². The van der Waals surface area contributed by atoms with E-state index >= 15 is 0 Å². The number of anilines is 1. The topological polar surface area (TPSA) is 84.2 Å². The number of amides is 2. The highest BCUT2D eigenvalue weighted by Crippen LogP contribution is 2.32. The van der Waals surface area contributed by atoms with Crippen LogP contribution in [-0.4, -0.2) is 17.4 Å². The molecule has 1 saturated carbocycles. The van der Waals surface area contributed by atoms with E-state index < -0.39 is 0 Å². The molecule has 0 heterocycles. The fraction of sp³-hybridized carbons (Fsp3) is 0.333. The monoisotopic (exact) mass is 463 g/mol. The molecule has 0 aromatic heterocycles. The van der Waals surface area contributed by atoms with Crippen molar-refractivity contribution in [1.82, 2.24) is 4.72 Å². The van der Waals surface area contributed by atoms with Crippen LogP contribution in [0, 0.1) is 5.92 Å². The van der Waals surface area contributed by atoms with Crippen LogP contribution in [0.15, 0.2) is 71.6 Å². The Bertz CT molecular complexity index is 1090. The van der Waals surface area contributed by atoms with E-state index in [1.807, 2.05) is 36.4 Å². The molecule has 0 unspecified atom stereocenters. The molecule has 0 saturated heterocycles. The summed E-state index contributed by atoms with van der Waals surface area (Å²) in [5, 5.41) is 5.29. The summed E-state index contributed by atoms with van der Waals surface area (Å²) in [6.45, 7) is 6.43. The Morgan fingerprint density at radius 3 is 2.21 bits per heavy atom. The van der Waals surface area contributed by atoms with E-state index in [0.717, 1.165) is 40.6 Å². The van der Waals surface area contributed by atoms with Gasteiger partial charge in [-0.25, -0.2) is 0 Å². The third-order valence-electron chi connectivity index (χ3n) is 5.09. The summed E-state index contributed by atoms with van der Waals surface area (Å²) in [5.74, 6) is 0.150. The quantitative estimate of drug-likeness (QED) is 0.393. The number of benzene rings is 3. The third kappa shape index (κ3) is 8.22. The number of carbonyl (C=O) groups excluding carboxylic acids is 2. The highest BCUT2D eigenvalue weighted by atomic mass is 32.2. The van der Waals surface area contributed by atoms with Crippen molar-refractivity contribution in [3.8, 4) is 0 Å². The summed E-state index contributed by atoms with van der Waals surface area (Å²) in [4.78, 5) is 23.6. The molecule has 0 radical (unpaired) electrons. The zero-order chi connectivity index (χ0) is 23.8. The van der Waals surface area contributed by atoms with Crippen molar-refractivity contribution in [2.45, 2.75) is 56.9 Å². The molecule has 0 aliphatic heterocycles. The number of fused-ring (bicyclic) bond motifs is 1. The largest absolute Gasteiger partial charge is 0.369 e. The van der Waals surface area contributed by atoms with Gasteiger partial charge >= 0.3 is 0 Å². The molecule has 4 N–H and O–H groups in total. The number of primary amides is 1. The zero-order valence-electron chi connectivity index (χ0n) is 19.6. The maximum atomic E-state index is 12.4. The Morgan fingerprint density at radius 1 is 0.939 bits per heavy atom. The summed E-state index contributed by atoms with van der Waals surface area (Å²) < 4.78 is 3.46. The second kappa shape index (κ2) is 11.3. The molecule has 0 bridgehead atoms. The van der Waals surface area contributed by atoms with Crippen molar-refractivity contribution in [1.29, 1.82) is 0 Å². The average Bonchev–Trinajstić information content (AvgIpc) is 3.63. The summed E-state index contributed by atoms with van der Waals surface area (Å²) in [6.07, 6.45) is 3.26. The Kier molecular flexibility index (Phi) is 8.53. The van der Waals surface area contributed by atoms with E-state index in [2.05, 4.69) is 61.1 Å². The fourth-order valence-electron chi connectivity index (χ4n) is 3.17. The summed E-state index contributed by atoms with van der Waals surface area (Å²) in [7, 11) is 0. The molecular formula is C27H33N3O2S. The van der Waals surface area contributed by atoms with Gasteiger partial charge in [-0.2, -0.15) is 0 Å². The SMILES string of the molecule is CC(C)(C)NSc1cccc2c(NC(=O)CCc3ccccc3)cccc12.NC(=O)C1CC1. The van der Waals surface area contributed by atoms with Crippen LogP contribution in [0.5, 0.6) is 0 Å². The molecule has 174 valence electrons. The third-order valence-corrected chi connectivity index (χ3v) is 6.38. The van der Waals surface area contributed by atoms with Crippen LogP contribution in [0.4, 0.5) is 5.69 Å². The first-order valence-electron chi connectivity index (χ1n) is 11.3. The molecule has 2 amide bonds. The van der Waals surface area contributed by atoms with Crippen molar-refractivity contribution >= 4 is 40.2 Å². The number of nitrogens with two attached hydrogens (primary N) is 1. The van der Waals surface area contributed by atoms with Gasteiger partial charge in [0, 0.05) is 33.8 Å². The Balaban J connectivity index is 0.000000442. The number of nitrogens with one attached hydrogen (secondary N) is 2. The average molecular weight is 464 g/mol. The van der Waals surface area contributed by atoms with E-state index in [-0.39, 0.29) is 23.3 Å². The Hall–Kier alpha value is -2.83. The van der Waals surface area contributed by atoms with E-state index in [0.29, 0.717) is 6.42 Å². The zero-order valence-corrected chi connectivity index (χ0v) is 20.4. The number of hydrogen-bond acceptors (Lipinski definition) is 4. The molecule has 1 aliphatic carbocycles. The molecule has 3 aromatic rings. The lowest BCUT2D eigenvalue weighted by Gasteiger charge is -2.20. The van der Waals surface area contributed by atoms with Gasteiger partial charge in [-0.1, -0.05) is 54.6 Å². The van der Waals surface area contributed by atoms with Crippen molar-refractivity contribution in [3.63, 3.8) is 0 Å². The summed E-state index contributed by atoms with van der Waals surface area (Å²) in [6, 6.07) is 22.4. The normalized spacial score (nSPS) is 13.2. The van der Waals surface area contributed by atoms with Crippen LogP contribution in [0.25, 0.3) is 10.8 Å². The molecule has 4 rings (SSSR count). The maximum absolute atomic E-state index is 12.4. The highest BCUT2D eigenvalue weighted by molar-refractivity contribution is 7.97. The van der Waals surface area contributed by atoms with Gasteiger partial charge in [-0.05, 0) is 75.1 Å². The minimum Gasteiger partial charge on any atom is -0.369 e. The first-order valence-corrected chi connectivity index (χ1v) is 12.1. The molecule has 33 heavy (non-hydrogen) atoms. The van der Waals surface area contributed by atoms with Crippen LogP contribution in [-0.2, 0) is 16.0 Å². The molecule has 1 fully saturated rings. The molecular weight excluding hydrogens is 430 g/mol. The summed E-state index contributed by atoms with van der Waals surface area (Å²) >= 11 is 1.63. The van der Waals surface area contributed by atoms with Crippen molar-refractivity contribution in [3.05, 3.63) is 72.3 Å². The molecule has 5 nitrogen and oxygen atoms in total. The lowest BCUT2D eigenvalue weighted by Crippen LogP contribution is -2.29. The van der Waals surface area contributed by atoms with Crippen molar-refractivity contribution in [2.24, 2.45) is 11.7 Å². The molecule has 0 atom stereocenters. The van der Waals surface area contributed by atoms with E-state index in [1.165, 1.54) is 5.56 Å². The molecule has 0 spiro atoms. The first kappa shape index (κ1) is 24.8. The van der Waals surface area contributed by atoms with Gasteiger partial charge in [-0.3, -0.25) is 14.3 Å². The Labute approximate surface area is 200 Å². The number of aryl methyl sites for hydroxylation is 1. The minimum atomic E-state index is -0.130. The molecule has 3 aromatic carbocycles. The smallest absolute Gasteiger partial charge is 0.224 e. The van der Waals surface area contributed by atoms with E-state index in [1.54, 1.807) is 11.9 Å². The number of rotatable bonds is 7. The van der Waals surface area contributed by atoms with Crippen LogP contribution in [0.1, 0.15) is 45.6 Å². The second-order valence-corrected chi connectivity index (χ2v) is 10.2. The lowest BCUT2D eigenvalue weighted by atomic mass is 10.1. The van der Waals surface area contributed by atoms with Gasteiger partial charge < -0.3 is 11.1 Å². The van der Waals surface area contributed by atoms with Gasteiger partial charge in [0.2, 0.25) is 11.8 Å². The van der Waals surface area contributed by atoms with E-state index in [4.69, 9.17) is 5.73 Å². The predicted molar refractivity (Wildman–Crippen MR) is 138 cm³/mol. The standard InChI is InChI=1S/C23H26N2OS.C4H7NO/c1-23(2,3)25-27-21-14-8-11-18-19(21)12-7-13-20(18)24-22(26)16-15-17-9-5-4-6-10-17;5-4(6)3-1-2-3/h4-14,25H,15-16H2,1-3H3,(H,24,26);3H,1-2H2,(H2,5,6). The molecule has 6 heteroatoms. The molecule has 1 aliphatic rings. The fourth-order valence-corrected chi connectivity index (χ4v) is 4.02. The first-order chi connectivity index (χ1) is 15.7. The summed E-state index contributed by atoms with van der Waals surface area (Å²) in [5.41, 5.74) is 6.93. The van der Waals surface area contributed by atoms with Gasteiger partial charge in [0.25, 0.3) is 0 Å². The lowest BCUT2D eigenvalue weighted by molar-refractivity contribution is -0.119. The number of carbonyl (C=O) groups is 2. The van der Waals surface area contributed by atoms with Crippen molar-refractivity contribution in [2.75, 3.05) is 5.32 Å². The van der Waals surface area contributed by atoms with Gasteiger partial charge in [0.05, 0.1) is 0 Å². The Morgan fingerprint density at radius 2 is 1.61 bits per heavy atom. The van der Waals surface area contributed by atoms with E-state index in [9.17, 15) is 9.59 Å². The van der Waals surface area contributed by atoms with Gasteiger partial charge in [-0.15, -0.1) is 0 Å².